The van der Waals surface area contributed by atoms with E-state index in [4.69, 9.17) is 0 Å². The number of amidine groups is 1. The van der Waals surface area contributed by atoms with Gasteiger partial charge in [0.1, 0.15) is 5.82 Å². The first-order chi connectivity index (χ1) is 6.74. The second-order valence-corrected chi connectivity index (χ2v) is 4.26. The molecule has 0 unspecified atom stereocenters. The molecule has 0 aliphatic carbocycles. The van der Waals surface area contributed by atoms with E-state index in [1.807, 2.05) is 13.0 Å². The maximum atomic E-state index is 13.0. The molecule has 2 nitrogen and oxygen atoms in total. The lowest BCUT2D eigenvalue weighted by molar-refractivity contribution is 0.627. The van der Waals surface area contributed by atoms with Gasteiger partial charge in [0.25, 0.3) is 0 Å². The van der Waals surface area contributed by atoms with Crippen LogP contribution in [0, 0.1) is 12.7 Å². The second kappa shape index (κ2) is 4.00. The molecule has 1 aromatic carbocycles. The van der Waals surface area contributed by atoms with Gasteiger partial charge >= 0.3 is 0 Å². The molecule has 1 heterocycles. The number of halogens is 1. The predicted molar refractivity (Wildman–Crippen MR) is 59.5 cm³/mol. The number of hydrogen-bond acceptors (Lipinski definition) is 3. The lowest BCUT2D eigenvalue weighted by atomic mass is 10.2. The Labute approximate surface area is 86.6 Å². The Bertz CT molecular complexity index is 356. The molecule has 0 radical (unpaired) electrons. The van der Waals surface area contributed by atoms with Crippen molar-refractivity contribution in [2.45, 2.75) is 6.92 Å². The number of anilines is 1. The van der Waals surface area contributed by atoms with Crippen LogP contribution in [0.3, 0.4) is 0 Å². The fraction of sp³-hybridized carbons (Fsp3) is 0.300. The van der Waals surface area contributed by atoms with E-state index in [0.29, 0.717) is 0 Å². The second-order valence-electron chi connectivity index (χ2n) is 3.18. The topological polar surface area (TPSA) is 24.4 Å². The van der Waals surface area contributed by atoms with Crippen molar-refractivity contribution in [3.05, 3.63) is 29.6 Å². The van der Waals surface area contributed by atoms with Gasteiger partial charge in [0.05, 0.1) is 6.54 Å². The molecule has 1 aliphatic rings. The zero-order valence-electron chi connectivity index (χ0n) is 7.88. The minimum Gasteiger partial charge on any atom is -0.335 e. The standard InChI is InChI=1S/C10H11FN2S/c1-7-4-8(11)6-9(5-7)13-10-12-2-3-14-10/h4-6H,2-3H2,1H3,(H,12,13). The van der Waals surface area contributed by atoms with Gasteiger partial charge in [-0.05, 0) is 30.7 Å². The number of aryl methyl sites for hydroxylation is 1. The fourth-order valence-corrected chi connectivity index (χ4v) is 2.09. The van der Waals surface area contributed by atoms with E-state index >= 15 is 0 Å². The van der Waals surface area contributed by atoms with E-state index < -0.39 is 0 Å². The number of rotatable bonds is 1. The van der Waals surface area contributed by atoms with Crippen molar-refractivity contribution in [1.82, 2.24) is 0 Å². The highest BCUT2D eigenvalue weighted by Crippen LogP contribution is 2.18. The third-order valence-corrected chi connectivity index (χ3v) is 2.77. The summed E-state index contributed by atoms with van der Waals surface area (Å²) in [7, 11) is 0. The first kappa shape index (κ1) is 9.52. The van der Waals surface area contributed by atoms with Crippen molar-refractivity contribution in [2.24, 2.45) is 4.99 Å². The maximum Gasteiger partial charge on any atom is 0.161 e. The molecule has 0 amide bonds. The monoisotopic (exact) mass is 210 g/mol. The zero-order valence-corrected chi connectivity index (χ0v) is 8.70. The van der Waals surface area contributed by atoms with Crippen molar-refractivity contribution >= 4 is 22.6 Å². The Morgan fingerprint density at radius 3 is 2.93 bits per heavy atom. The van der Waals surface area contributed by atoms with Crippen LogP contribution in [0.1, 0.15) is 5.56 Å². The van der Waals surface area contributed by atoms with E-state index in [2.05, 4.69) is 10.3 Å². The average Bonchev–Trinajstić information content (AvgIpc) is 2.54. The Balaban J connectivity index is 2.15. The van der Waals surface area contributed by atoms with Gasteiger partial charge in [0, 0.05) is 11.4 Å². The van der Waals surface area contributed by atoms with Crippen LogP contribution in [0.2, 0.25) is 0 Å². The van der Waals surface area contributed by atoms with Crippen molar-refractivity contribution < 1.29 is 4.39 Å². The number of nitrogens with one attached hydrogen (secondary N) is 1. The van der Waals surface area contributed by atoms with Gasteiger partial charge in [-0.2, -0.15) is 0 Å². The summed E-state index contributed by atoms with van der Waals surface area (Å²) in [6.45, 7) is 2.72. The highest BCUT2D eigenvalue weighted by atomic mass is 32.2. The molecule has 0 saturated heterocycles. The van der Waals surface area contributed by atoms with Gasteiger partial charge < -0.3 is 5.32 Å². The van der Waals surface area contributed by atoms with Gasteiger partial charge in [-0.3, -0.25) is 4.99 Å². The summed E-state index contributed by atoms with van der Waals surface area (Å²) >= 11 is 1.67. The van der Waals surface area contributed by atoms with E-state index in [-0.39, 0.29) is 5.82 Å². The number of benzene rings is 1. The molecule has 1 N–H and O–H groups in total. The van der Waals surface area contributed by atoms with Crippen LogP contribution < -0.4 is 5.32 Å². The van der Waals surface area contributed by atoms with Crippen molar-refractivity contribution in [1.29, 1.82) is 0 Å². The summed E-state index contributed by atoms with van der Waals surface area (Å²) in [5.74, 6) is 0.799. The Kier molecular flexibility index (Phi) is 2.72. The molecule has 0 atom stereocenters. The van der Waals surface area contributed by atoms with Crippen molar-refractivity contribution in [3.63, 3.8) is 0 Å². The highest BCUT2D eigenvalue weighted by molar-refractivity contribution is 8.14. The fourth-order valence-electron chi connectivity index (χ4n) is 1.34. The van der Waals surface area contributed by atoms with Crippen molar-refractivity contribution in [2.75, 3.05) is 17.6 Å². The summed E-state index contributed by atoms with van der Waals surface area (Å²) in [5.41, 5.74) is 1.69. The Hall–Kier alpha value is -1.03. The minimum absolute atomic E-state index is 0.212. The van der Waals surface area contributed by atoms with E-state index in [9.17, 15) is 4.39 Å². The molecular formula is C10H11FN2S. The third-order valence-electron chi connectivity index (χ3n) is 1.88. The molecule has 0 spiro atoms. The van der Waals surface area contributed by atoms with Crippen LogP contribution in [0.25, 0.3) is 0 Å². The predicted octanol–water partition coefficient (Wildman–Crippen LogP) is 2.65. The molecule has 0 fully saturated rings. The quantitative estimate of drug-likeness (QED) is 0.770. The summed E-state index contributed by atoms with van der Waals surface area (Å²) in [4.78, 5) is 4.24. The molecule has 0 saturated carbocycles. The van der Waals surface area contributed by atoms with Crippen LogP contribution in [0.15, 0.2) is 23.2 Å². The van der Waals surface area contributed by atoms with Crippen LogP contribution in [-0.2, 0) is 0 Å². The number of nitrogens with zero attached hydrogens (tertiary/aromatic N) is 1. The van der Waals surface area contributed by atoms with Gasteiger partial charge in [0.15, 0.2) is 5.17 Å². The Morgan fingerprint density at radius 1 is 1.43 bits per heavy atom. The molecule has 2 rings (SSSR count). The first-order valence-electron chi connectivity index (χ1n) is 4.45. The van der Waals surface area contributed by atoms with Crippen LogP contribution in [0.4, 0.5) is 10.1 Å². The van der Waals surface area contributed by atoms with Crippen LogP contribution in [0.5, 0.6) is 0 Å². The average molecular weight is 210 g/mol. The molecule has 0 aromatic heterocycles. The molecule has 0 bridgehead atoms. The molecule has 4 heteroatoms. The summed E-state index contributed by atoms with van der Waals surface area (Å²) in [5, 5.41) is 3.98. The zero-order chi connectivity index (χ0) is 9.97. The number of aliphatic imine (C=N–C) groups is 1. The summed E-state index contributed by atoms with van der Waals surface area (Å²) < 4.78 is 13.0. The number of hydrogen-bond donors (Lipinski definition) is 1. The normalized spacial score (nSPS) is 15.4. The Morgan fingerprint density at radius 2 is 2.29 bits per heavy atom. The minimum atomic E-state index is -0.212. The van der Waals surface area contributed by atoms with Crippen molar-refractivity contribution in [3.8, 4) is 0 Å². The van der Waals surface area contributed by atoms with Gasteiger partial charge in [-0.1, -0.05) is 11.8 Å². The summed E-state index contributed by atoms with van der Waals surface area (Å²) in [6, 6.07) is 4.90. The first-order valence-corrected chi connectivity index (χ1v) is 5.44. The molecule has 14 heavy (non-hydrogen) atoms. The van der Waals surface area contributed by atoms with E-state index in [1.54, 1.807) is 11.8 Å². The van der Waals surface area contributed by atoms with Gasteiger partial charge in [0.2, 0.25) is 0 Å². The highest BCUT2D eigenvalue weighted by Gasteiger charge is 2.07. The van der Waals surface area contributed by atoms with Crippen LogP contribution in [-0.4, -0.2) is 17.5 Å². The smallest absolute Gasteiger partial charge is 0.161 e. The molecular weight excluding hydrogens is 199 g/mol. The maximum absolute atomic E-state index is 13.0. The molecule has 1 aromatic rings. The lowest BCUT2D eigenvalue weighted by Crippen LogP contribution is -2.05. The van der Waals surface area contributed by atoms with Gasteiger partial charge in [-0.15, -0.1) is 0 Å². The largest absolute Gasteiger partial charge is 0.335 e. The summed E-state index contributed by atoms with van der Waals surface area (Å²) in [6.07, 6.45) is 0. The molecule has 74 valence electrons. The third kappa shape index (κ3) is 2.26. The van der Waals surface area contributed by atoms with E-state index in [0.717, 1.165) is 28.7 Å². The number of thioether (sulfide) groups is 1. The van der Waals surface area contributed by atoms with Crippen LogP contribution >= 0.6 is 11.8 Å². The SMILES string of the molecule is Cc1cc(F)cc(NC2=NCCS2)c1. The lowest BCUT2D eigenvalue weighted by Gasteiger charge is -2.05. The van der Waals surface area contributed by atoms with E-state index in [1.165, 1.54) is 12.1 Å². The van der Waals surface area contributed by atoms with Gasteiger partial charge in [-0.25, -0.2) is 4.39 Å². The molecule has 1 aliphatic heterocycles.